The van der Waals surface area contributed by atoms with E-state index >= 15 is 0 Å². The molecule has 0 saturated heterocycles. The van der Waals surface area contributed by atoms with Gasteiger partial charge >= 0.3 is 6.03 Å². The summed E-state index contributed by atoms with van der Waals surface area (Å²) >= 11 is 0. The zero-order chi connectivity index (χ0) is 16.2. The molecule has 1 heterocycles. The van der Waals surface area contributed by atoms with Crippen LogP contribution < -0.4 is 10.6 Å². The third-order valence-corrected chi connectivity index (χ3v) is 3.51. The highest BCUT2D eigenvalue weighted by Gasteiger charge is 2.27. The molecule has 0 saturated carbocycles. The van der Waals surface area contributed by atoms with Gasteiger partial charge in [-0.25, -0.2) is 4.79 Å². The molecule has 3 N–H and O–H groups in total. The van der Waals surface area contributed by atoms with Crippen molar-refractivity contribution in [1.82, 2.24) is 5.32 Å². The van der Waals surface area contributed by atoms with Gasteiger partial charge in [-0.15, -0.1) is 0 Å². The van der Waals surface area contributed by atoms with Gasteiger partial charge in [0.25, 0.3) is 0 Å². The van der Waals surface area contributed by atoms with Crippen molar-refractivity contribution in [2.45, 2.75) is 32.8 Å². The van der Waals surface area contributed by atoms with Gasteiger partial charge in [0.15, 0.2) is 0 Å². The Balaban J connectivity index is 1.95. The fraction of sp³-hybridized carbons (Fsp3) is 0.353. The van der Waals surface area contributed by atoms with Gasteiger partial charge in [0, 0.05) is 5.69 Å². The van der Waals surface area contributed by atoms with Crippen LogP contribution in [0.15, 0.2) is 40.8 Å². The Morgan fingerprint density at radius 1 is 1.27 bits per heavy atom. The van der Waals surface area contributed by atoms with E-state index in [9.17, 15) is 9.90 Å². The Morgan fingerprint density at radius 3 is 2.64 bits per heavy atom. The number of aryl methyl sites for hydroxylation is 2. The van der Waals surface area contributed by atoms with Gasteiger partial charge in [0.1, 0.15) is 17.1 Å². The van der Waals surface area contributed by atoms with Crippen molar-refractivity contribution in [3.63, 3.8) is 0 Å². The maximum absolute atomic E-state index is 12.0. The summed E-state index contributed by atoms with van der Waals surface area (Å²) in [6.07, 6.45) is 0.833. The van der Waals surface area contributed by atoms with E-state index < -0.39 is 5.60 Å². The Bertz CT molecular complexity index is 647. The zero-order valence-electron chi connectivity index (χ0n) is 13.1. The average molecular weight is 302 g/mol. The van der Waals surface area contributed by atoms with Crippen molar-refractivity contribution < 1.29 is 14.3 Å². The summed E-state index contributed by atoms with van der Waals surface area (Å²) in [5, 5.41) is 15.8. The molecule has 0 radical (unpaired) electrons. The summed E-state index contributed by atoms with van der Waals surface area (Å²) in [6, 6.07) is 10.8. The molecule has 118 valence electrons. The summed E-state index contributed by atoms with van der Waals surface area (Å²) in [5.74, 6) is 1.15. The molecule has 0 bridgehead atoms. The van der Waals surface area contributed by atoms with E-state index in [4.69, 9.17) is 4.42 Å². The molecule has 22 heavy (non-hydrogen) atoms. The minimum absolute atomic E-state index is 0.0556. The van der Waals surface area contributed by atoms with Gasteiger partial charge in [-0.3, -0.25) is 0 Å². The lowest BCUT2D eigenvalue weighted by atomic mass is 10.0. The molecule has 1 aromatic carbocycles. The predicted octanol–water partition coefficient (Wildman–Crippen LogP) is 3.18. The van der Waals surface area contributed by atoms with Crippen LogP contribution in [0.4, 0.5) is 10.5 Å². The number of hydrogen-bond donors (Lipinski definition) is 3. The zero-order valence-corrected chi connectivity index (χ0v) is 13.1. The van der Waals surface area contributed by atoms with Crippen LogP contribution in [0.2, 0.25) is 0 Å². The summed E-state index contributed by atoms with van der Waals surface area (Å²) in [4.78, 5) is 12.0. The molecule has 5 nitrogen and oxygen atoms in total. The Labute approximate surface area is 130 Å². The van der Waals surface area contributed by atoms with Crippen molar-refractivity contribution in [3.8, 4) is 0 Å². The smallest absolute Gasteiger partial charge is 0.319 e. The van der Waals surface area contributed by atoms with E-state index in [1.54, 1.807) is 26.0 Å². The van der Waals surface area contributed by atoms with E-state index in [-0.39, 0.29) is 12.6 Å². The van der Waals surface area contributed by atoms with E-state index in [1.165, 1.54) is 0 Å². The largest absolute Gasteiger partial charge is 0.463 e. The van der Waals surface area contributed by atoms with Crippen LogP contribution in [-0.4, -0.2) is 17.7 Å². The molecule has 2 rings (SSSR count). The van der Waals surface area contributed by atoms with Crippen molar-refractivity contribution in [3.05, 3.63) is 53.5 Å². The molecule has 0 spiro atoms. The number of nitrogens with one attached hydrogen (secondary N) is 2. The number of anilines is 1. The lowest BCUT2D eigenvalue weighted by Crippen LogP contribution is -2.40. The van der Waals surface area contributed by atoms with Crippen LogP contribution in [0, 0.1) is 6.92 Å². The lowest BCUT2D eigenvalue weighted by Gasteiger charge is -2.21. The summed E-state index contributed by atoms with van der Waals surface area (Å²) < 4.78 is 5.41. The molecule has 0 fully saturated rings. The number of amides is 2. The van der Waals surface area contributed by atoms with E-state index in [1.807, 2.05) is 31.2 Å². The number of hydrogen-bond acceptors (Lipinski definition) is 3. The molecular weight excluding hydrogens is 280 g/mol. The molecule has 0 aliphatic rings. The first-order chi connectivity index (χ1) is 10.4. The van der Waals surface area contributed by atoms with Gasteiger partial charge in [0.05, 0.1) is 6.54 Å². The number of furan rings is 1. The standard InChI is InChI=1S/C17H22N2O3/c1-4-13-7-5-6-8-14(13)19-16(20)18-11-17(3,21)15-10-9-12(2)22-15/h5-10,21H,4,11H2,1-3H3,(H2,18,19,20). The monoisotopic (exact) mass is 302 g/mol. The van der Waals surface area contributed by atoms with Crippen molar-refractivity contribution in [2.24, 2.45) is 0 Å². The summed E-state index contributed by atoms with van der Waals surface area (Å²) in [5.41, 5.74) is 0.581. The van der Waals surface area contributed by atoms with Crippen molar-refractivity contribution in [2.75, 3.05) is 11.9 Å². The minimum Gasteiger partial charge on any atom is -0.463 e. The van der Waals surface area contributed by atoms with Crippen LogP contribution >= 0.6 is 0 Å². The maximum Gasteiger partial charge on any atom is 0.319 e. The first-order valence-electron chi connectivity index (χ1n) is 7.34. The molecular formula is C17H22N2O3. The maximum atomic E-state index is 12.0. The average Bonchev–Trinajstić information content (AvgIpc) is 2.93. The molecule has 5 heteroatoms. The van der Waals surface area contributed by atoms with E-state index in [0.717, 1.165) is 23.4 Å². The molecule has 1 atom stereocenters. The second-order valence-corrected chi connectivity index (χ2v) is 5.50. The molecule has 0 aliphatic heterocycles. The molecule has 2 amide bonds. The van der Waals surface area contributed by atoms with Crippen LogP contribution in [0.5, 0.6) is 0 Å². The Kier molecular flexibility index (Phi) is 4.88. The highest BCUT2D eigenvalue weighted by Crippen LogP contribution is 2.22. The molecule has 2 aromatic rings. The number of rotatable bonds is 5. The number of benzene rings is 1. The van der Waals surface area contributed by atoms with E-state index in [2.05, 4.69) is 10.6 Å². The number of urea groups is 1. The van der Waals surface area contributed by atoms with E-state index in [0.29, 0.717) is 5.76 Å². The van der Waals surface area contributed by atoms with Crippen LogP contribution in [0.1, 0.15) is 30.9 Å². The first-order valence-corrected chi connectivity index (χ1v) is 7.34. The number of carbonyl (C=O) groups excluding carboxylic acids is 1. The Hall–Kier alpha value is -2.27. The third-order valence-electron chi connectivity index (χ3n) is 3.51. The first kappa shape index (κ1) is 16.1. The lowest BCUT2D eigenvalue weighted by molar-refractivity contribution is 0.0364. The quantitative estimate of drug-likeness (QED) is 0.794. The predicted molar refractivity (Wildman–Crippen MR) is 85.9 cm³/mol. The van der Waals surface area contributed by atoms with Gasteiger partial charge in [-0.1, -0.05) is 25.1 Å². The Morgan fingerprint density at radius 2 is 2.00 bits per heavy atom. The van der Waals surface area contributed by atoms with Crippen molar-refractivity contribution in [1.29, 1.82) is 0 Å². The fourth-order valence-electron chi connectivity index (χ4n) is 2.18. The second-order valence-electron chi connectivity index (χ2n) is 5.50. The normalized spacial score (nSPS) is 13.5. The highest BCUT2D eigenvalue weighted by atomic mass is 16.4. The SMILES string of the molecule is CCc1ccccc1NC(=O)NCC(C)(O)c1ccc(C)o1. The van der Waals surface area contributed by atoms with Crippen LogP contribution in [0.3, 0.4) is 0 Å². The summed E-state index contributed by atoms with van der Waals surface area (Å²) in [6.45, 7) is 5.50. The molecule has 0 aliphatic carbocycles. The second kappa shape index (κ2) is 6.66. The van der Waals surface area contributed by atoms with Crippen molar-refractivity contribution >= 4 is 11.7 Å². The van der Waals surface area contributed by atoms with Gasteiger partial charge in [0.2, 0.25) is 0 Å². The number of para-hydroxylation sites is 1. The van der Waals surface area contributed by atoms with Crippen LogP contribution in [-0.2, 0) is 12.0 Å². The minimum atomic E-state index is -1.25. The van der Waals surface area contributed by atoms with Gasteiger partial charge in [-0.2, -0.15) is 0 Å². The highest BCUT2D eigenvalue weighted by molar-refractivity contribution is 5.90. The third kappa shape index (κ3) is 3.89. The topological polar surface area (TPSA) is 74.5 Å². The fourth-order valence-corrected chi connectivity index (χ4v) is 2.18. The van der Waals surface area contributed by atoms with Gasteiger partial charge in [-0.05, 0) is 44.0 Å². The van der Waals surface area contributed by atoms with Gasteiger partial charge < -0.3 is 20.2 Å². The molecule has 1 unspecified atom stereocenters. The number of carbonyl (C=O) groups is 1. The summed E-state index contributed by atoms with van der Waals surface area (Å²) in [7, 11) is 0. The molecule has 1 aromatic heterocycles. The number of aliphatic hydroxyl groups is 1. The van der Waals surface area contributed by atoms with Crippen LogP contribution in [0.25, 0.3) is 0 Å².